The Morgan fingerprint density at radius 2 is 2.00 bits per heavy atom. The second-order valence-corrected chi connectivity index (χ2v) is 9.24. The Bertz CT molecular complexity index is 1580. The van der Waals surface area contributed by atoms with Gasteiger partial charge in [-0.2, -0.15) is 0 Å². The molecule has 0 amide bonds. The summed E-state index contributed by atoms with van der Waals surface area (Å²) >= 11 is 0. The summed E-state index contributed by atoms with van der Waals surface area (Å²) in [5.74, 6) is -2.70. The molecule has 198 valence electrons. The molecule has 2 aromatic heterocycles. The van der Waals surface area contributed by atoms with Crippen LogP contribution in [0.3, 0.4) is 0 Å². The van der Waals surface area contributed by atoms with Crippen molar-refractivity contribution < 1.29 is 37.7 Å². The van der Waals surface area contributed by atoms with Crippen molar-refractivity contribution in [2.24, 2.45) is 5.73 Å². The Morgan fingerprint density at radius 1 is 1.24 bits per heavy atom. The first-order chi connectivity index (χ1) is 18.1. The zero-order valence-corrected chi connectivity index (χ0v) is 20.8. The predicted molar refractivity (Wildman–Crippen MR) is 130 cm³/mol. The maximum atomic E-state index is 14.6. The smallest absolute Gasteiger partial charge is 0.457 e. The van der Waals surface area contributed by atoms with E-state index in [2.05, 4.69) is 4.98 Å². The second kappa shape index (κ2) is 9.21. The zero-order chi connectivity index (χ0) is 27.4. The summed E-state index contributed by atoms with van der Waals surface area (Å²) in [4.78, 5) is 55.1. The van der Waals surface area contributed by atoms with Gasteiger partial charge >= 0.3 is 18.1 Å². The number of cyclic esters (lactones) is 1. The van der Waals surface area contributed by atoms with Crippen molar-refractivity contribution >= 4 is 29.0 Å². The van der Waals surface area contributed by atoms with Crippen LogP contribution in [0.15, 0.2) is 29.1 Å². The fourth-order valence-corrected chi connectivity index (χ4v) is 4.74. The summed E-state index contributed by atoms with van der Waals surface area (Å²) in [7, 11) is 0. The van der Waals surface area contributed by atoms with E-state index in [9.17, 15) is 23.6 Å². The normalized spacial score (nSPS) is 17.5. The summed E-state index contributed by atoms with van der Waals surface area (Å²) < 4.78 is 36.9. The van der Waals surface area contributed by atoms with Gasteiger partial charge in [-0.15, -0.1) is 0 Å². The van der Waals surface area contributed by atoms with Gasteiger partial charge in [-0.25, -0.2) is 19.0 Å². The van der Waals surface area contributed by atoms with Gasteiger partial charge in [0.1, 0.15) is 6.61 Å². The van der Waals surface area contributed by atoms with Crippen LogP contribution in [-0.4, -0.2) is 40.3 Å². The molecule has 0 radical (unpaired) electrons. The number of hydrogen-bond acceptors (Lipinski definition) is 10. The van der Waals surface area contributed by atoms with Gasteiger partial charge < -0.3 is 29.2 Å². The van der Waals surface area contributed by atoms with Crippen molar-refractivity contribution in [3.05, 3.63) is 57.1 Å². The molecule has 2 N–H and O–H groups in total. The highest BCUT2D eigenvalue weighted by atomic mass is 19.1. The molecule has 3 aromatic rings. The molecule has 0 fully saturated rings. The lowest BCUT2D eigenvalue weighted by Gasteiger charge is -2.35. The molecule has 5 rings (SSSR count). The number of carbonyl (C=O) groups excluding carboxylic acids is 3. The molecule has 4 heterocycles. The molecule has 0 saturated carbocycles. The maximum absolute atomic E-state index is 14.6. The Morgan fingerprint density at radius 3 is 2.68 bits per heavy atom. The summed E-state index contributed by atoms with van der Waals surface area (Å²) in [6.07, 6.45) is -1.58. The molecule has 2 aliphatic heterocycles. The number of halogens is 1. The summed E-state index contributed by atoms with van der Waals surface area (Å²) in [6.45, 7) is 4.35. The van der Waals surface area contributed by atoms with Gasteiger partial charge in [0.15, 0.2) is 11.6 Å². The number of carbonyl (C=O) groups is 3. The molecule has 0 aliphatic carbocycles. The van der Waals surface area contributed by atoms with Gasteiger partial charge in [0.05, 0.1) is 41.7 Å². The van der Waals surface area contributed by atoms with Crippen LogP contribution in [0.1, 0.15) is 43.9 Å². The number of nitrogens with two attached hydrogens (primary N) is 1. The molecular weight excluding hydrogens is 501 g/mol. The van der Waals surface area contributed by atoms with Crippen molar-refractivity contribution in [1.29, 1.82) is 0 Å². The van der Waals surface area contributed by atoms with Gasteiger partial charge in [-0.05, 0) is 38.5 Å². The number of fused-ring (bicyclic) bond motifs is 5. The highest BCUT2D eigenvalue weighted by Gasteiger charge is 2.51. The minimum absolute atomic E-state index is 0.0115. The summed E-state index contributed by atoms with van der Waals surface area (Å²) in [6, 6.07) is 5.76. The van der Waals surface area contributed by atoms with Crippen molar-refractivity contribution in [1.82, 2.24) is 9.55 Å². The number of ether oxygens (including phenoxy) is 4. The SMILES string of the molecule is CC[C@@]1(OC(=O)OC(C)C)C(=O)OCc2c1cc1n(c2=O)Cc2cc3cc(OC(=O)CN)c(F)cc3nc2-1. The average Bonchev–Trinajstić information content (AvgIpc) is 3.22. The lowest BCUT2D eigenvalue weighted by molar-refractivity contribution is -0.176. The van der Waals surface area contributed by atoms with E-state index < -0.39 is 47.7 Å². The molecule has 0 bridgehead atoms. The first-order valence-electron chi connectivity index (χ1n) is 12.0. The molecule has 0 unspecified atom stereocenters. The fourth-order valence-electron chi connectivity index (χ4n) is 4.74. The quantitative estimate of drug-likeness (QED) is 0.304. The molecule has 0 saturated heterocycles. The third-order valence-corrected chi connectivity index (χ3v) is 6.51. The van der Waals surface area contributed by atoms with Crippen molar-refractivity contribution in [3.63, 3.8) is 0 Å². The van der Waals surface area contributed by atoms with Crippen LogP contribution in [0.5, 0.6) is 5.75 Å². The molecule has 38 heavy (non-hydrogen) atoms. The van der Waals surface area contributed by atoms with Crippen LogP contribution >= 0.6 is 0 Å². The van der Waals surface area contributed by atoms with Crippen molar-refractivity contribution in [2.75, 3.05) is 6.54 Å². The lowest BCUT2D eigenvalue weighted by Crippen LogP contribution is -2.47. The number of nitrogens with zero attached hydrogens (tertiary/aromatic N) is 2. The largest absolute Gasteiger partial charge is 0.510 e. The van der Waals surface area contributed by atoms with Crippen LogP contribution in [0.2, 0.25) is 0 Å². The van der Waals surface area contributed by atoms with Gasteiger partial charge in [0, 0.05) is 22.6 Å². The number of esters is 2. The van der Waals surface area contributed by atoms with E-state index in [4.69, 9.17) is 24.7 Å². The standard InChI is InChI=1S/C26H24FN3O8/c1-4-26(38-25(34)36-12(2)3)16-7-19-22-14(10-30(19)23(32)15(16)11-35-24(26)33)5-13-6-20(37-21(31)9-28)17(27)8-18(13)29-22/h5-8,12H,4,9-11,28H2,1-3H3/t26-/m0/s1. The average molecular weight is 525 g/mol. The minimum atomic E-state index is -1.89. The van der Waals surface area contributed by atoms with Gasteiger partial charge in [-0.3, -0.25) is 9.59 Å². The van der Waals surface area contributed by atoms with Gasteiger partial charge in [-0.1, -0.05) is 6.92 Å². The van der Waals surface area contributed by atoms with E-state index in [0.717, 1.165) is 6.07 Å². The third kappa shape index (κ3) is 3.97. The number of benzene rings is 1. The van der Waals surface area contributed by atoms with Gasteiger partial charge in [0.25, 0.3) is 5.56 Å². The second-order valence-electron chi connectivity index (χ2n) is 9.24. The third-order valence-electron chi connectivity index (χ3n) is 6.51. The molecule has 2 aliphatic rings. The van der Waals surface area contributed by atoms with Crippen LogP contribution in [0, 0.1) is 5.82 Å². The topological polar surface area (TPSA) is 149 Å². The fraction of sp³-hybridized carbons (Fsp3) is 0.346. The summed E-state index contributed by atoms with van der Waals surface area (Å²) in [5, 5.41) is 0.483. The van der Waals surface area contributed by atoms with Crippen LogP contribution in [-0.2, 0) is 42.6 Å². The number of aromatic nitrogens is 2. The minimum Gasteiger partial charge on any atom is -0.457 e. The first kappa shape index (κ1) is 25.3. The molecule has 1 atom stereocenters. The Labute approximate surface area is 215 Å². The number of rotatable bonds is 5. The van der Waals surface area contributed by atoms with Gasteiger partial charge in [0.2, 0.25) is 5.60 Å². The highest BCUT2D eigenvalue weighted by Crippen LogP contribution is 2.41. The van der Waals surface area contributed by atoms with Crippen LogP contribution in [0.4, 0.5) is 9.18 Å². The van der Waals surface area contributed by atoms with Crippen molar-refractivity contribution in [2.45, 2.75) is 52.0 Å². The zero-order valence-electron chi connectivity index (χ0n) is 20.8. The molecular formula is C26H24FN3O8. The Hall–Kier alpha value is -4.32. The highest BCUT2D eigenvalue weighted by molar-refractivity contribution is 5.88. The Balaban J connectivity index is 1.65. The maximum Gasteiger partial charge on any atom is 0.510 e. The lowest BCUT2D eigenvalue weighted by atomic mass is 9.85. The van der Waals surface area contributed by atoms with E-state index in [1.54, 1.807) is 32.9 Å². The molecule has 0 spiro atoms. The Kier molecular flexibility index (Phi) is 6.14. The number of pyridine rings is 2. The van der Waals surface area contributed by atoms with Crippen LogP contribution in [0.25, 0.3) is 22.3 Å². The number of hydrogen-bond donors (Lipinski definition) is 1. The van der Waals surface area contributed by atoms with E-state index in [0.29, 0.717) is 22.3 Å². The van der Waals surface area contributed by atoms with E-state index in [1.807, 2.05) is 0 Å². The van der Waals surface area contributed by atoms with Crippen molar-refractivity contribution in [3.8, 4) is 17.1 Å². The molecule has 12 heteroatoms. The van der Waals surface area contributed by atoms with E-state index >= 15 is 0 Å². The monoisotopic (exact) mass is 525 g/mol. The molecule has 11 nitrogen and oxygen atoms in total. The van der Waals surface area contributed by atoms with E-state index in [-0.39, 0.29) is 42.0 Å². The molecule has 1 aromatic carbocycles. The first-order valence-corrected chi connectivity index (χ1v) is 12.0. The summed E-state index contributed by atoms with van der Waals surface area (Å²) in [5.41, 5.74) is 4.97. The van der Waals surface area contributed by atoms with Crippen LogP contribution < -0.4 is 16.0 Å². The van der Waals surface area contributed by atoms with E-state index in [1.165, 1.54) is 10.6 Å². The predicted octanol–water partition coefficient (Wildman–Crippen LogP) is 2.65.